The Bertz CT molecular complexity index is 577. The molecule has 102 valence electrons. The van der Waals surface area contributed by atoms with Gasteiger partial charge in [0.05, 0.1) is 21.5 Å². The molecule has 6 heteroatoms. The Morgan fingerprint density at radius 2 is 2.16 bits per heavy atom. The van der Waals surface area contributed by atoms with Gasteiger partial charge in [-0.2, -0.15) is 0 Å². The molecule has 0 aliphatic rings. The second-order valence-electron chi connectivity index (χ2n) is 4.58. The molecule has 3 nitrogen and oxygen atoms in total. The van der Waals surface area contributed by atoms with Crippen LogP contribution in [-0.4, -0.2) is 18.3 Å². The van der Waals surface area contributed by atoms with Gasteiger partial charge in [0, 0.05) is 11.9 Å². The molecule has 0 saturated carbocycles. The highest BCUT2D eigenvalue weighted by Crippen LogP contribution is 2.31. The molecule has 19 heavy (non-hydrogen) atoms. The summed E-state index contributed by atoms with van der Waals surface area (Å²) in [4.78, 5) is 19.6. The first-order valence-electron chi connectivity index (χ1n) is 5.92. The van der Waals surface area contributed by atoms with E-state index in [-0.39, 0.29) is 5.92 Å². The van der Waals surface area contributed by atoms with Gasteiger partial charge >= 0.3 is 0 Å². The van der Waals surface area contributed by atoms with Crippen molar-refractivity contribution in [3.8, 4) is 0 Å². The average Bonchev–Trinajstić information content (AvgIpc) is 2.95. The molecule has 2 aromatic rings. The number of halogens is 1. The van der Waals surface area contributed by atoms with Crippen LogP contribution in [0.5, 0.6) is 0 Å². The van der Waals surface area contributed by atoms with Crippen LogP contribution in [0.15, 0.2) is 12.1 Å². The lowest BCUT2D eigenvalue weighted by Crippen LogP contribution is -2.15. The molecule has 0 amide bonds. The number of hydrogen-bond acceptors (Lipinski definition) is 5. The maximum absolute atomic E-state index is 11.1. The molecule has 0 atom stereocenters. The summed E-state index contributed by atoms with van der Waals surface area (Å²) in [7, 11) is 1.98. The number of carbonyl (C=O) groups excluding carboxylic acids is 1. The van der Waals surface area contributed by atoms with Crippen molar-refractivity contribution in [2.75, 3.05) is 11.9 Å². The van der Waals surface area contributed by atoms with Gasteiger partial charge in [0.2, 0.25) is 0 Å². The molecule has 0 unspecified atom stereocenters. The molecule has 0 aliphatic carbocycles. The predicted molar refractivity (Wildman–Crippen MR) is 83.0 cm³/mol. The molecule has 0 saturated heterocycles. The molecule has 0 radical (unpaired) electrons. The third-order valence-electron chi connectivity index (χ3n) is 2.67. The highest BCUT2D eigenvalue weighted by molar-refractivity contribution is 7.17. The Balaban J connectivity index is 2.19. The topological polar surface area (TPSA) is 33.2 Å². The van der Waals surface area contributed by atoms with E-state index in [2.05, 4.69) is 4.98 Å². The Morgan fingerprint density at radius 1 is 1.42 bits per heavy atom. The number of thiazole rings is 1. The second kappa shape index (κ2) is 6.03. The number of aromatic nitrogens is 1. The minimum atomic E-state index is 0.259. The molecule has 0 fully saturated rings. The third-order valence-corrected chi connectivity index (χ3v) is 5.00. The summed E-state index contributed by atoms with van der Waals surface area (Å²) >= 11 is 8.93. The van der Waals surface area contributed by atoms with E-state index in [4.69, 9.17) is 11.6 Å². The van der Waals surface area contributed by atoms with Gasteiger partial charge in [0.1, 0.15) is 0 Å². The third kappa shape index (κ3) is 3.35. The SMILES string of the molecule is CC(C)c1nc(N(C)Cc2ccc(Cl)s2)sc1C=O. The van der Waals surface area contributed by atoms with Crippen molar-refractivity contribution in [2.45, 2.75) is 26.3 Å². The molecular weight excluding hydrogens is 300 g/mol. The van der Waals surface area contributed by atoms with Gasteiger partial charge in [-0.15, -0.1) is 11.3 Å². The van der Waals surface area contributed by atoms with Gasteiger partial charge < -0.3 is 4.90 Å². The van der Waals surface area contributed by atoms with E-state index in [1.165, 1.54) is 16.2 Å². The van der Waals surface area contributed by atoms with Crippen molar-refractivity contribution < 1.29 is 4.79 Å². The van der Waals surface area contributed by atoms with E-state index in [1.807, 2.05) is 37.9 Å². The fourth-order valence-corrected chi connectivity index (χ4v) is 3.87. The van der Waals surface area contributed by atoms with Crippen molar-refractivity contribution in [1.82, 2.24) is 4.98 Å². The van der Waals surface area contributed by atoms with Crippen LogP contribution in [0, 0.1) is 0 Å². The molecule has 0 N–H and O–H groups in total. The van der Waals surface area contributed by atoms with Gasteiger partial charge in [-0.25, -0.2) is 4.98 Å². The first-order chi connectivity index (χ1) is 9.01. The number of thiophene rings is 1. The summed E-state index contributed by atoms with van der Waals surface area (Å²) in [6, 6.07) is 3.91. The van der Waals surface area contributed by atoms with Gasteiger partial charge in [-0.1, -0.05) is 36.8 Å². The van der Waals surface area contributed by atoms with Gasteiger partial charge in [0.15, 0.2) is 11.4 Å². The molecule has 2 heterocycles. The lowest BCUT2D eigenvalue weighted by molar-refractivity contribution is 0.112. The summed E-state index contributed by atoms with van der Waals surface area (Å²) in [5.74, 6) is 0.259. The second-order valence-corrected chi connectivity index (χ2v) is 7.39. The summed E-state index contributed by atoms with van der Waals surface area (Å²) in [6.07, 6.45) is 0.895. The number of aldehydes is 1. The van der Waals surface area contributed by atoms with E-state index < -0.39 is 0 Å². The van der Waals surface area contributed by atoms with E-state index in [0.717, 1.165) is 32.9 Å². The zero-order valence-electron chi connectivity index (χ0n) is 11.0. The standard InChI is InChI=1S/C13H15ClN2OS2/c1-8(2)12-10(7-17)19-13(15-12)16(3)6-9-4-5-11(14)18-9/h4-5,7-8H,6H2,1-3H3. The van der Waals surface area contributed by atoms with E-state index in [1.54, 1.807) is 11.3 Å². The predicted octanol–water partition coefficient (Wildman–Crippen LogP) is 4.43. The van der Waals surface area contributed by atoms with Crippen molar-refractivity contribution in [2.24, 2.45) is 0 Å². The lowest BCUT2D eigenvalue weighted by Gasteiger charge is -2.14. The van der Waals surface area contributed by atoms with Gasteiger partial charge in [0.25, 0.3) is 0 Å². The van der Waals surface area contributed by atoms with Crippen molar-refractivity contribution >= 4 is 45.7 Å². The van der Waals surface area contributed by atoms with Crippen molar-refractivity contribution in [3.05, 3.63) is 31.9 Å². The van der Waals surface area contributed by atoms with Crippen LogP contribution in [0.2, 0.25) is 4.34 Å². The Hall–Kier alpha value is -0.910. The minimum absolute atomic E-state index is 0.259. The number of carbonyl (C=O) groups is 1. The maximum atomic E-state index is 11.1. The average molecular weight is 315 g/mol. The zero-order chi connectivity index (χ0) is 14.0. The van der Waals surface area contributed by atoms with Crippen molar-refractivity contribution in [3.63, 3.8) is 0 Å². The summed E-state index contributed by atoms with van der Waals surface area (Å²) in [5, 5.41) is 0.871. The van der Waals surface area contributed by atoms with Crippen LogP contribution in [-0.2, 0) is 6.54 Å². The number of hydrogen-bond donors (Lipinski definition) is 0. The molecule has 0 bridgehead atoms. The fourth-order valence-electron chi connectivity index (χ4n) is 1.73. The monoisotopic (exact) mass is 314 g/mol. The molecule has 2 aromatic heterocycles. The Kier molecular flexibility index (Phi) is 4.60. The van der Waals surface area contributed by atoms with E-state index in [9.17, 15) is 4.79 Å². The quantitative estimate of drug-likeness (QED) is 0.765. The number of anilines is 1. The highest BCUT2D eigenvalue weighted by Gasteiger charge is 2.16. The fraction of sp³-hybridized carbons (Fsp3) is 0.385. The molecule has 2 rings (SSSR count). The maximum Gasteiger partial charge on any atom is 0.186 e. The molecule has 0 aliphatic heterocycles. The summed E-state index contributed by atoms with van der Waals surface area (Å²) in [5.41, 5.74) is 0.881. The highest BCUT2D eigenvalue weighted by atomic mass is 35.5. The van der Waals surface area contributed by atoms with Crippen molar-refractivity contribution in [1.29, 1.82) is 0 Å². The van der Waals surface area contributed by atoms with Gasteiger partial charge in [-0.05, 0) is 18.1 Å². The first kappa shape index (κ1) is 14.5. The van der Waals surface area contributed by atoms with E-state index >= 15 is 0 Å². The van der Waals surface area contributed by atoms with Crippen LogP contribution in [0.25, 0.3) is 0 Å². The molecular formula is C13H15ClN2OS2. The summed E-state index contributed by atoms with van der Waals surface area (Å²) in [6.45, 7) is 4.84. The van der Waals surface area contributed by atoms with Crippen LogP contribution >= 0.6 is 34.3 Å². The van der Waals surface area contributed by atoms with Crippen LogP contribution in [0.4, 0.5) is 5.13 Å². The Labute approximate surface area is 125 Å². The van der Waals surface area contributed by atoms with Crippen LogP contribution in [0.3, 0.4) is 0 Å². The lowest BCUT2D eigenvalue weighted by atomic mass is 10.1. The molecule has 0 spiro atoms. The zero-order valence-corrected chi connectivity index (χ0v) is 13.4. The smallest absolute Gasteiger partial charge is 0.186 e. The molecule has 0 aromatic carbocycles. The largest absolute Gasteiger partial charge is 0.346 e. The van der Waals surface area contributed by atoms with Gasteiger partial charge in [-0.3, -0.25) is 4.79 Å². The first-order valence-corrected chi connectivity index (χ1v) is 7.93. The minimum Gasteiger partial charge on any atom is -0.346 e. The van der Waals surface area contributed by atoms with Crippen LogP contribution in [0.1, 0.15) is 40.0 Å². The van der Waals surface area contributed by atoms with E-state index in [0.29, 0.717) is 0 Å². The summed E-state index contributed by atoms with van der Waals surface area (Å²) < 4.78 is 0.791. The normalized spacial score (nSPS) is 11.0. The van der Waals surface area contributed by atoms with Crippen LogP contribution < -0.4 is 4.90 Å². The number of nitrogens with zero attached hydrogens (tertiary/aromatic N) is 2. The number of rotatable bonds is 5. The Morgan fingerprint density at radius 3 is 2.63 bits per heavy atom.